The number of allylic oxidation sites excluding steroid dienone is 5. The Morgan fingerprint density at radius 2 is 2.07 bits per heavy atom. The van der Waals surface area contributed by atoms with Crippen LogP contribution in [0.3, 0.4) is 0 Å². The van der Waals surface area contributed by atoms with Gasteiger partial charge in [-0.1, -0.05) is 36.0 Å². The quantitative estimate of drug-likeness (QED) is 0.399. The number of alkyl carbamates (subject to hydrolysis) is 1. The van der Waals surface area contributed by atoms with Gasteiger partial charge in [0.2, 0.25) is 5.89 Å². The lowest BCUT2D eigenvalue weighted by Gasteiger charge is -2.19. The molecule has 1 atom stereocenters. The molecule has 8 heteroatoms. The van der Waals surface area contributed by atoms with Crippen LogP contribution in [-0.2, 0) is 11.2 Å². The summed E-state index contributed by atoms with van der Waals surface area (Å²) in [5.74, 6) is 1.02. The number of aliphatic hydroxyl groups excluding tert-OH is 1. The monoisotopic (exact) mass is 408 g/mol. The first-order chi connectivity index (χ1) is 13.7. The molecule has 1 aromatic rings. The lowest BCUT2D eigenvalue weighted by Crippen LogP contribution is -2.33. The van der Waals surface area contributed by atoms with Crippen LogP contribution in [0, 0.1) is 0 Å². The lowest BCUT2D eigenvalue weighted by atomic mass is 10.1. The van der Waals surface area contributed by atoms with Crippen molar-refractivity contribution in [1.82, 2.24) is 15.5 Å². The number of ether oxygens (including phenoxy) is 1. The van der Waals surface area contributed by atoms with Gasteiger partial charge in [0, 0.05) is 20.1 Å². The molecule has 0 fully saturated rings. The molecule has 1 heterocycles. The fraction of sp³-hybridized carbons (Fsp3) is 0.571. The van der Waals surface area contributed by atoms with Gasteiger partial charge in [0.25, 0.3) is 0 Å². The zero-order valence-corrected chi connectivity index (χ0v) is 18.3. The van der Waals surface area contributed by atoms with Gasteiger partial charge < -0.3 is 25.4 Å². The Hall–Kier alpha value is -2.45. The number of carbonyl (C=O) groups is 1. The van der Waals surface area contributed by atoms with Crippen molar-refractivity contribution in [3.63, 3.8) is 0 Å². The topological polar surface area (TPSA) is 124 Å². The Labute approximate surface area is 173 Å². The molecule has 0 saturated heterocycles. The molecule has 164 valence electrons. The number of amides is 1. The van der Waals surface area contributed by atoms with Crippen LogP contribution in [0.5, 0.6) is 0 Å². The van der Waals surface area contributed by atoms with Gasteiger partial charge in [-0.15, -0.1) is 0 Å². The molecule has 1 rings (SSSR count). The molecule has 4 N–H and O–H groups in total. The molecule has 0 bridgehead atoms. The molecule has 1 amide bonds. The fourth-order valence-corrected chi connectivity index (χ4v) is 2.21. The predicted molar refractivity (Wildman–Crippen MR) is 114 cm³/mol. The summed E-state index contributed by atoms with van der Waals surface area (Å²) in [7, 11) is 1.00. The van der Waals surface area contributed by atoms with E-state index in [9.17, 15) is 4.79 Å². The van der Waals surface area contributed by atoms with Gasteiger partial charge in [-0.25, -0.2) is 4.79 Å². The van der Waals surface area contributed by atoms with E-state index in [0.29, 0.717) is 31.1 Å². The second-order valence-corrected chi connectivity index (χ2v) is 7.23. The molecule has 0 saturated carbocycles. The van der Waals surface area contributed by atoms with Crippen LogP contribution in [0.25, 0.3) is 0 Å². The Morgan fingerprint density at radius 1 is 1.38 bits per heavy atom. The summed E-state index contributed by atoms with van der Waals surface area (Å²) in [5.41, 5.74) is 6.63. The van der Waals surface area contributed by atoms with E-state index >= 15 is 0 Å². The molecule has 0 spiro atoms. The van der Waals surface area contributed by atoms with Gasteiger partial charge in [0.1, 0.15) is 5.60 Å². The van der Waals surface area contributed by atoms with E-state index in [0.717, 1.165) is 25.5 Å². The molecule has 0 aliphatic carbocycles. The molecular formula is C21H36N4O4. The van der Waals surface area contributed by atoms with Crippen molar-refractivity contribution >= 4 is 6.09 Å². The first kappa shape index (κ1) is 26.6. The number of nitrogens with one attached hydrogen (secondary N) is 1. The molecule has 0 aliphatic rings. The summed E-state index contributed by atoms with van der Waals surface area (Å²) in [6.45, 7) is 11.8. The van der Waals surface area contributed by atoms with Gasteiger partial charge in [0.15, 0.2) is 5.82 Å². The number of unbranched alkanes of at least 4 members (excludes halogenated alkanes) is 1. The maximum atomic E-state index is 11.6. The second kappa shape index (κ2) is 14.5. The Kier molecular flexibility index (Phi) is 13.3. The highest BCUT2D eigenvalue weighted by Crippen LogP contribution is 2.16. The zero-order chi connectivity index (χ0) is 22.3. The molecule has 0 aromatic carbocycles. The van der Waals surface area contributed by atoms with Crippen LogP contribution in [0.2, 0.25) is 0 Å². The fourth-order valence-electron chi connectivity index (χ4n) is 2.21. The van der Waals surface area contributed by atoms with Crippen molar-refractivity contribution in [2.45, 2.75) is 65.0 Å². The standard InChI is InChI=1S/C20H32N4O3.CH4O/c1-6-8-11-15(7-2)14-17-23-18(27-24-17)16(21)12-9-10-13-22-19(25)26-20(3,4)5;1-2/h6-8,11,16H,2,9-10,12-14,21H2,1,3-5H3,(H,22,25);2H,1H3/b8-6-,15-11+;. The molecule has 1 unspecified atom stereocenters. The maximum absolute atomic E-state index is 11.6. The van der Waals surface area contributed by atoms with Crippen LogP contribution >= 0.6 is 0 Å². The molecule has 0 radical (unpaired) electrons. The summed E-state index contributed by atoms with van der Waals surface area (Å²) in [5, 5.41) is 13.7. The Balaban J connectivity index is 0.00000379. The van der Waals surface area contributed by atoms with Crippen molar-refractivity contribution in [2.75, 3.05) is 13.7 Å². The van der Waals surface area contributed by atoms with Crippen molar-refractivity contribution in [1.29, 1.82) is 0 Å². The summed E-state index contributed by atoms with van der Waals surface area (Å²) >= 11 is 0. The third kappa shape index (κ3) is 12.6. The summed E-state index contributed by atoms with van der Waals surface area (Å²) in [6.07, 6.45) is 10.1. The number of hydrogen-bond donors (Lipinski definition) is 3. The number of aromatic nitrogens is 2. The molecule has 29 heavy (non-hydrogen) atoms. The van der Waals surface area contributed by atoms with Gasteiger partial charge in [-0.3, -0.25) is 0 Å². The second-order valence-electron chi connectivity index (χ2n) is 7.23. The number of nitrogens with two attached hydrogens (primary N) is 1. The van der Waals surface area contributed by atoms with Crippen LogP contribution < -0.4 is 11.1 Å². The number of hydrogen-bond acceptors (Lipinski definition) is 7. The third-order valence-corrected chi connectivity index (χ3v) is 3.54. The zero-order valence-electron chi connectivity index (χ0n) is 18.3. The summed E-state index contributed by atoms with van der Waals surface area (Å²) in [6, 6.07) is -0.320. The van der Waals surface area contributed by atoms with Crippen LogP contribution in [0.4, 0.5) is 4.79 Å². The number of carbonyl (C=O) groups excluding carboxylic acids is 1. The van der Waals surface area contributed by atoms with E-state index in [-0.39, 0.29) is 6.04 Å². The SMILES string of the molecule is C=C/C(=C\C=C/C)Cc1noc(C(N)CCCCNC(=O)OC(C)(C)C)n1.CO. The number of nitrogens with zero attached hydrogens (tertiary/aromatic N) is 2. The van der Waals surface area contributed by atoms with E-state index in [4.69, 9.17) is 20.1 Å². The van der Waals surface area contributed by atoms with Crippen LogP contribution in [0.15, 0.2) is 41.0 Å². The summed E-state index contributed by atoms with van der Waals surface area (Å²) in [4.78, 5) is 15.9. The molecule has 0 aliphatic heterocycles. The van der Waals surface area contributed by atoms with Gasteiger partial charge in [-0.05, 0) is 52.5 Å². The van der Waals surface area contributed by atoms with E-state index in [1.807, 2.05) is 45.9 Å². The number of rotatable bonds is 10. The van der Waals surface area contributed by atoms with Gasteiger partial charge in [0.05, 0.1) is 6.04 Å². The largest absolute Gasteiger partial charge is 0.444 e. The number of aliphatic hydroxyl groups is 1. The molecular weight excluding hydrogens is 372 g/mol. The van der Waals surface area contributed by atoms with E-state index in [2.05, 4.69) is 22.0 Å². The Bertz CT molecular complexity index is 660. The first-order valence-electron chi connectivity index (χ1n) is 9.69. The van der Waals surface area contributed by atoms with Crippen molar-refractivity contribution in [3.8, 4) is 0 Å². The van der Waals surface area contributed by atoms with Crippen LogP contribution in [0.1, 0.15) is 64.7 Å². The minimum absolute atomic E-state index is 0.320. The van der Waals surface area contributed by atoms with Crippen molar-refractivity contribution in [2.24, 2.45) is 5.73 Å². The maximum Gasteiger partial charge on any atom is 0.407 e. The van der Waals surface area contributed by atoms with Crippen LogP contribution in [-0.4, -0.2) is 40.6 Å². The predicted octanol–water partition coefficient (Wildman–Crippen LogP) is 3.60. The Morgan fingerprint density at radius 3 is 2.66 bits per heavy atom. The van der Waals surface area contributed by atoms with Gasteiger partial charge >= 0.3 is 6.09 Å². The molecule has 8 nitrogen and oxygen atoms in total. The highest BCUT2D eigenvalue weighted by Gasteiger charge is 2.16. The minimum atomic E-state index is -0.490. The first-order valence-corrected chi connectivity index (χ1v) is 9.69. The third-order valence-electron chi connectivity index (χ3n) is 3.54. The van der Waals surface area contributed by atoms with Crippen molar-refractivity contribution in [3.05, 3.63) is 48.2 Å². The highest BCUT2D eigenvalue weighted by atomic mass is 16.6. The van der Waals surface area contributed by atoms with Gasteiger partial charge in [-0.2, -0.15) is 4.98 Å². The van der Waals surface area contributed by atoms with E-state index in [1.165, 1.54) is 0 Å². The summed E-state index contributed by atoms with van der Waals surface area (Å²) < 4.78 is 10.5. The average Bonchev–Trinajstić information content (AvgIpc) is 3.13. The smallest absolute Gasteiger partial charge is 0.407 e. The minimum Gasteiger partial charge on any atom is -0.444 e. The average molecular weight is 409 g/mol. The van der Waals surface area contributed by atoms with E-state index in [1.54, 1.807) is 6.08 Å². The van der Waals surface area contributed by atoms with Crippen molar-refractivity contribution < 1.29 is 19.2 Å². The van der Waals surface area contributed by atoms with E-state index < -0.39 is 11.7 Å². The lowest BCUT2D eigenvalue weighted by molar-refractivity contribution is 0.0527. The highest BCUT2D eigenvalue weighted by molar-refractivity contribution is 5.67. The molecule has 1 aromatic heterocycles. The normalized spacial score (nSPS) is 12.9.